The maximum Gasteiger partial charge on any atom is 0.305 e. The van der Waals surface area contributed by atoms with E-state index in [0.29, 0.717) is 19.8 Å². The predicted octanol–water partition coefficient (Wildman–Crippen LogP) is 2.26. The van der Waals surface area contributed by atoms with Crippen molar-refractivity contribution < 1.29 is 19.0 Å². The monoisotopic (exact) mass is 230 g/mol. The van der Waals surface area contributed by atoms with Gasteiger partial charge in [-0.2, -0.15) is 0 Å². The molecule has 2 aliphatic heterocycles. The Hall–Kier alpha value is -0.610. The van der Waals surface area contributed by atoms with Crippen LogP contribution in [-0.4, -0.2) is 31.6 Å². The molecule has 0 aliphatic carbocycles. The van der Waals surface area contributed by atoms with E-state index >= 15 is 0 Å². The summed E-state index contributed by atoms with van der Waals surface area (Å²) in [6.45, 7) is 6.10. The molecule has 2 saturated heterocycles. The van der Waals surface area contributed by atoms with Gasteiger partial charge in [0.25, 0.3) is 0 Å². The number of rotatable bonds is 0. The molecule has 0 aromatic heterocycles. The molecular weight excluding hydrogens is 208 g/mol. The highest BCUT2D eigenvalue weighted by Gasteiger charge is 2.21. The van der Waals surface area contributed by atoms with Crippen LogP contribution in [0.25, 0.3) is 0 Å². The van der Waals surface area contributed by atoms with Gasteiger partial charge < -0.3 is 14.2 Å². The van der Waals surface area contributed by atoms with Crippen molar-refractivity contribution in [3.63, 3.8) is 0 Å². The largest absolute Gasteiger partial charge is 0.466 e. The third kappa shape index (κ3) is 6.08. The second kappa shape index (κ2) is 6.86. The first kappa shape index (κ1) is 13.5. The first-order chi connectivity index (χ1) is 7.60. The van der Waals surface area contributed by atoms with Crippen LogP contribution in [0.15, 0.2) is 0 Å². The summed E-state index contributed by atoms with van der Waals surface area (Å²) in [5.74, 6) is -0.0255. The molecule has 16 heavy (non-hydrogen) atoms. The first-order valence-corrected chi connectivity index (χ1v) is 5.97. The van der Waals surface area contributed by atoms with E-state index < -0.39 is 0 Å². The minimum absolute atomic E-state index is 0.0255. The summed E-state index contributed by atoms with van der Waals surface area (Å²) < 4.78 is 15.0. The van der Waals surface area contributed by atoms with Crippen LogP contribution < -0.4 is 0 Å². The molecule has 0 saturated carbocycles. The second-order valence-corrected chi connectivity index (χ2v) is 4.71. The molecule has 2 aliphatic rings. The van der Waals surface area contributed by atoms with Crippen molar-refractivity contribution >= 4 is 5.97 Å². The zero-order valence-corrected chi connectivity index (χ0v) is 10.3. The molecular formula is C12H22O4. The van der Waals surface area contributed by atoms with Gasteiger partial charge in [0, 0.05) is 6.42 Å². The molecule has 2 fully saturated rings. The molecule has 0 aromatic rings. The van der Waals surface area contributed by atoms with Gasteiger partial charge in [0.1, 0.15) is 6.79 Å². The van der Waals surface area contributed by atoms with Gasteiger partial charge in [-0.25, -0.2) is 0 Å². The van der Waals surface area contributed by atoms with Crippen molar-refractivity contribution in [3.05, 3.63) is 0 Å². The Morgan fingerprint density at radius 2 is 1.94 bits per heavy atom. The summed E-state index contributed by atoms with van der Waals surface area (Å²) in [5.41, 5.74) is 0.0538. The standard InChI is InChI=1S/C6H12O2.C6H10O2/c1-6(2)3-4-7-5-8-6;7-6-4-2-1-3-5-8-6/h3-5H2,1-2H3;1-5H2. The Morgan fingerprint density at radius 3 is 2.50 bits per heavy atom. The van der Waals surface area contributed by atoms with Crippen LogP contribution in [-0.2, 0) is 19.0 Å². The smallest absolute Gasteiger partial charge is 0.305 e. The van der Waals surface area contributed by atoms with Crippen molar-refractivity contribution in [1.29, 1.82) is 0 Å². The van der Waals surface area contributed by atoms with Gasteiger partial charge in [0.05, 0.1) is 18.8 Å². The second-order valence-electron chi connectivity index (χ2n) is 4.71. The number of cyclic esters (lactones) is 1. The predicted molar refractivity (Wildman–Crippen MR) is 60.0 cm³/mol. The third-order valence-corrected chi connectivity index (χ3v) is 2.67. The van der Waals surface area contributed by atoms with Crippen molar-refractivity contribution in [2.45, 2.75) is 51.6 Å². The van der Waals surface area contributed by atoms with E-state index in [-0.39, 0.29) is 11.6 Å². The van der Waals surface area contributed by atoms with Crippen molar-refractivity contribution in [3.8, 4) is 0 Å². The van der Waals surface area contributed by atoms with E-state index in [1.165, 1.54) is 0 Å². The van der Waals surface area contributed by atoms with Crippen LogP contribution in [0.4, 0.5) is 0 Å². The number of carbonyl (C=O) groups is 1. The fourth-order valence-electron chi connectivity index (χ4n) is 1.46. The van der Waals surface area contributed by atoms with Gasteiger partial charge in [-0.1, -0.05) is 0 Å². The highest BCUT2D eigenvalue weighted by Crippen LogP contribution is 2.17. The fourth-order valence-corrected chi connectivity index (χ4v) is 1.46. The Morgan fingerprint density at radius 1 is 1.12 bits per heavy atom. The minimum Gasteiger partial charge on any atom is -0.466 e. The van der Waals surface area contributed by atoms with E-state index in [9.17, 15) is 4.79 Å². The van der Waals surface area contributed by atoms with Crippen LogP contribution in [0, 0.1) is 0 Å². The lowest BCUT2D eigenvalue weighted by molar-refractivity contribution is -0.178. The molecule has 0 amide bonds. The topological polar surface area (TPSA) is 44.8 Å². The normalized spacial score (nSPS) is 24.8. The van der Waals surface area contributed by atoms with E-state index in [2.05, 4.69) is 13.8 Å². The SMILES string of the molecule is CC1(C)CCOCO1.O=C1CCCCCO1. The molecule has 0 spiro atoms. The van der Waals surface area contributed by atoms with Crippen molar-refractivity contribution in [1.82, 2.24) is 0 Å². The molecule has 0 atom stereocenters. The summed E-state index contributed by atoms with van der Waals surface area (Å²) in [6.07, 6.45) is 4.84. The number of carbonyl (C=O) groups excluding carboxylic acids is 1. The van der Waals surface area contributed by atoms with E-state index in [0.717, 1.165) is 32.3 Å². The van der Waals surface area contributed by atoms with Crippen molar-refractivity contribution in [2.75, 3.05) is 20.0 Å². The highest BCUT2D eigenvalue weighted by molar-refractivity contribution is 5.69. The highest BCUT2D eigenvalue weighted by atomic mass is 16.7. The molecule has 0 N–H and O–H groups in total. The first-order valence-electron chi connectivity index (χ1n) is 5.97. The summed E-state index contributed by atoms with van der Waals surface area (Å²) in [7, 11) is 0. The number of ether oxygens (including phenoxy) is 3. The molecule has 4 heteroatoms. The van der Waals surface area contributed by atoms with Crippen LogP contribution in [0.3, 0.4) is 0 Å². The molecule has 0 aromatic carbocycles. The van der Waals surface area contributed by atoms with Crippen LogP contribution in [0.2, 0.25) is 0 Å². The maximum absolute atomic E-state index is 10.5. The number of esters is 1. The van der Waals surface area contributed by atoms with Gasteiger partial charge in [-0.15, -0.1) is 0 Å². The lowest BCUT2D eigenvalue weighted by Gasteiger charge is -2.29. The van der Waals surface area contributed by atoms with Gasteiger partial charge in [-0.3, -0.25) is 4.79 Å². The molecule has 0 unspecified atom stereocenters. The van der Waals surface area contributed by atoms with E-state index in [4.69, 9.17) is 14.2 Å². The zero-order chi connectivity index (χ0) is 11.9. The minimum atomic E-state index is -0.0255. The Labute approximate surface area is 97.2 Å². The van der Waals surface area contributed by atoms with Gasteiger partial charge in [-0.05, 0) is 39.5 Å². The number of hydrogen-bond donors (Lipinski definition) is 0. The molecule has 4 nitrogen and oxygen atoms in total. The van der Waals surface area contributed by atoms with E-state index in [1.54, 1.807) is 0 Å². The third-order valence-electron chi connectivity index (χ3n) is 2.67. The molecule has 2 rings (SSSR count). The zero-order valence-electron chi connectivity index (χ0n) is 10.3. The average Bonchev–Trinajstić information content (AvgIpc) is 2.46. The van der Waals surface area contributed by atoms with Crippen LogP contribution in [0.1, 0.15) is 46.0 Å². The van der Waals surface area contributed by atoms with Crippen LogP contribution in [0.5, 0.6) is 0 Å². The van der Waals surface area contributed by atoms with Gasteiger partial charge in [0.15, 0.2) is 0 Å². The van der Waals surface area contributed by atoms with Gasteiger partial charge >= 0.3 is 5.97 Å². The molecule has 94 valence electrons. The molecule has 2 heterocycles. The Bertz CT molecular complexity index is 195. The summed E-state index contributed by atoms with van der Waals surface area (Å²) in [4.78, 5) is 10.5. The lowest BCUT2D eigenvalue weighted by atomic mass is 10.1. The molecule has 0 bridgehead atoms. The quantitative estimate of drug-likeness (QED) is 0.599. The Kier molecular flexibility index (Phi) is 5.77. The van der Waals surface area contributed by atoms with Gasteiger partial charge in [0.2, 0.25) is 0 Å². The average molecular weight is 230 g/mol. The molecule has 0 radical (unpaired) electrons. The summed E-state index contributed by atoms with van der Waals surface area (Å²) >= 11 is 0. The Balaban J connectivity index is 0.000000160. The summed E-state index contributed by atoms with van der Waals surface area (Å²) in [5, 5.41) is 0. The maximum atomic E-state index is 10.5. The van der Waals surface area contributed by atoms with Crippen LogP contribution >= 0.6 is 0 Å². The fraction of sp³-hybridized carbons (Fsp3) is 0.917. The van der Waals surface area contributed by atoms with Crippen molar-refractivity contribution in [2.24, 2.45) is 0 Å². The number of hydrogen-bond acceptors (Lipinski definition) is 4. The summed E-state index contributed by atoms with van der Waals surface area (Å²) in [6, 6.07) is 0. The lowest BCUT2D eigenvalue weighted by Crippen LogP contribution is -2.32. The van der Waals surface area contributed by atoms with E-state index in [1.807, 2.05) is 0 Å².